The molecule has 0 heterocycles. The Bertz CT molecular complexity index is 318. The highest BCUT2D eigenvalue weighted by Crippen LogP contribution is 2.17. The standard InChI is InChI=1S/C11H13BrO/c1-3-4-11(13)10-6-5-9(12)7-8(10)2/h5-7H,3-4H2,1-2H3. The van der Waals surface area contributed by atoms with Gasteiger partial charge in [-0.15, -0.1) is 0 Å². The highest BCUT2D eigenvalue weighted by atomic mass is 79.9. The van der Waals surface area contributed by atoms with Crippen LogP contribution in [0, 0.1) is 6.92 Å². The lowest BCUT2D eigenvalue weighted by atomic mass is 10.0. The van der Waals surface area contributed by atoms with Crippen molar-refractivity contribution in [2.75, 3.05) is 0 Å². The first kappa shape index (κ1) is 10.5. The van der Waals surface area contributed by atoms with E-state index < -0.39 is 0 Å². The van der Waals surface area contributed by atoms with E-state index in [0.29, 0.717) is 6.42 Å². The molecule has 0 saturated heterocycles. The van der Waals surface area contributed by atoms with Gasteiger partial charge < -0.3 is 0 Å². The third-order valence-corrected chi connectivity index (χ3v) is 2.46. The molecule has 0 unspecified atom stereocenters. The van der Waals surface area contributed by atoms with Crippen molar-refractivity contribution in [1.29, 1.82) is 0 Å². The summed E-state index contributed by atoms with van der Waals surface area (Å²) in [5.41, 5.74) is 1.90. The molecule has 0 atom stereocenters. The number of hydrogen-bond acceptors (Lipinski definition) is 1. The normalized spacial score (nSPS) is 10.1. The van der Waals surface area contributed by atoms with E-state index in [0.717, 1.165) is 22.0 Å². The maximum atomic E-state index is 11.6. The predicted octanol–water partition coefficient (Wildman–Crippen LogP) is 3.74. The lowest BCUT2D eigenvalue weighted by molar-refractivity contribution is 0.0981. The Balaban J connectivity index is 2.95. The zero-order valence-electron chi connectivity index (χ0n) is 7.93. The second-order valence-electron chi connectivity index (χ2n) is 3.13. The summed E-state index contributed by atoms with van der Waals surface area (Å²) >= 11 is 3.37. The Hall–Kier alpha value is -0.630. The van der Waals surface area contributed by atoms with Gasteiger partial charge in [-0.05, 0) is 31.0 Å². The summed E-state index contributed by atoms with van der Waals surface area (Å²) in [6, 6.07) is 5.77. The van der Waals surface area contributed by atoms with Crippen molar-refractivity contribution in [3.63, 3.8) is 0 Å². The second-order valence-corrected chi connectivity index (χ2v) is 4.05. The van der Waals surface area contributed by atoms with Crippen LogP contribution in [-0.2, 0) is 0 Å². The van der Waals surface area contributed by atoms with E-state index >= 15 is 0 Å². The quantitative estimate of drug-likeness (QED) is 0.736. The molecule has 0 aliphatic heterocycles. The molecule has 1 rings (SSSR count). The number of halogens is 1. The Morgan fingerprint density at radius 3 is 2.69 bits per heavy atom. The van der Waals surface area contributed by atoms with Crippen molar-refractivity contribution in [1.82, 2.24) is 0 Å². The van der Waals surface area contributed by atoms with Gasteiger partial charge in [0.05, 0.1) is 0 Å². The maximum absolute atomic E-state index is 11.6. The molecule has 2 heteroatoms. The number of benzene rings is 1. The molecule has 0 fully saturated rings. The number of rotatable bonds is 3. The Morgan fingerprint density at radius 2 is 2.15 bits per heavy atom. The predicted molar refractivity (Wildman–Crippen MR) is 58.1 cm³/mol. The molecule has 1 nitrogen and oxygen atoms in total. The highest BCUT2D eigenvalue weighted by molar-refractivity contribution is 9.10. The monoisotopic (exact) mass is 240 g/mol. The number of carbonyl (C=O) groups is 1. The molecule has 0 aliphatic rings. The van der Waals surface area contributed by atoms with Crippen LogP contribution in [0.25, 0.3) is 0 Å². The van der Waals surface area contributed by atoms with Crippen LogP contribution >= 0.6 is 15.9 Å². The van der Waals surface area contributed by atoms with Gasteiger partial charge in [0.25, 0.3) is 0 Å². The van der Waals surface area contributed by atoms with E-state index in [-0.39, 0.29) is 5.78 Å². The maximum Gasteiger partial charge on any atom is 0.163 e. The molecule has 0 radical (unpaired) electrons. The Morgan fingerprint density at radius 1 is 1.46 bits per heavy atom. The van der Waals surface area contributed by atoms with E-state index in [4.69, 9.17) is 0 Å². The lowest BCUT2D eigenvalue weighted by Crippen LogP contribution is -2.00. The molecule has 1 aromatic carbocycles. The summed E-state index contributed by atoms with van der Waals surface area (Å²) in [4.78, 5) is 11.6. The van der Waals surface area contributed by atoms with E-state index in [1.54, 1.807) is 0 Å². The SMILES string of the molecule is CCCC(=O)c1ccc(Br)cc1C. The van der Waals surface area contributed by atoms with Gasteiger partial charge in [0.2, 0.25) is 0 Å². The topological polar surface area (TPSA) is 17.1 Å². The van der Waals surface area contributed by atoms with Gasteiger partial charge in [0.15, 0.2) is 5.78 Å². The minimum atomic E-state index is 0.243. The molecule has 0 N–H and O–H groups in total. The summed E-state index contributed by atoms with van der Waals surface area (Å²) in [5, 5.41) is 0. The minimum Gasteiger partial charge on any atom is -0.294 e. The van der Waals surface area contributed by atoms with Gasteiger partial charge in [0.1, 0.15) is 0 Å². The zero-order valence-corrected chi connectivity index (χ0v) is 9.52. The van der Waals surface area contributed by atoms with E-state index in [1.807, 2.05) is 32.0 Å². The van der Waals surface area contributed by atoms with Crippen LogP contribution in [0.5, 0.6) is 0 Å². The van der Waals surface area contributed by atoms with Crippen molar-refractivity contribution in [2.45, 2.75) is 26.7 Å². The van der Waals surface area contributed by atoms with Crippen LogP contribution in [0.4, 0.5) is 0 Å². The summed E-state index contributed by atoms with van der Waals surface area (Å²) in [6.07, 6.45) is 1.55. The first-order chi connectivity index (χ1) is 6.15. The van der Waals surface area contributed by atoms with E-state index in [2.05, 4.69) is 15.9 Å². The molecular formula is C11H13BrO. The van der Waals surface area contributed by atoms with E-state index in [9.17, 15) is 4.79 Å². The Kier molecular flexibility index (Phi) is 3.67. The van der Waals surface area contributed by atoms with Crippen LogP contribution in [-0.4, -0.2) is 5.78 Å². The molecule has 1 aromatic rings. The van der Waals surface area contributed by atoms with Crippen LogP contribution in [0.15, 0.2) is 22.7 Å². The fourth-order valence-corrected chi connectivity index (χ4v) is 1.78. The molecule has 0 bridgehead atoms. The summed E-state index contributed by atoms with van der Waals surface area (Å²) in [5.74, 6) is 0.243. The number of ketones is 1. The molecule has 70 valence electrons. The first-order valence-electron chi connectivity index (χ1n) is 4.44. The highest BCUT2D eigenvalue weighted by Gasteiger charge is 2.07. The number of Topliss-reactive ketones (excluding diaryl/α,β-unsaturated/α-hetero) is 1. The summed E-state index contributed by atoms with van der Waals surface area (Å²) in [6.45, 7) is 3.99. The van der Waals surface area contributed by atoms with Crippen LogP contribution in [0.3, 0.4) is 0 Å². The molecule has 0 amide bonds. The third-order valence-electron chi connectivity index (χ3n) is 1.97. The average Bonchev–Trinajstić information content (AvgIpc) is 2.04. The number of carbonyl (C=O) groups excluding carboxylic acids is 1. The van der Waals surface area contributed by atoms with Gasteiger partial charge in [0, 0.05) is 16.5 Å². The van der Waals surface area contributed by atoms with Crippen molar-refractivity contribution in [3.05, 3.63) is 33.8 Å². The molecule has 0 saturated carbocycles. The fourth-order valence-electron chi connectivity index (χ4n) is 1.30. The second kappa shape index (κ2) is 4.56. The number of aryl methyl sites for hydroxylation is 1. The molecule has 0 aliphatic carbocycles. The van der Waals surface area contributed by atoms with Gasteiger partial charge in [-0.2, -0.15) is 0 Å². The zero-order chi connectivity index (χ0) is 9.84. The first-order valence-corrected chi connectivity index (χ1v) is 5.23. The van der Waals surface area contributed by atoms with Crippen molar-refractivity contribution >= 4 is 21.7 Å². The summed E-state index contributed by atoms with van der Waals surface area (Å²) in [7, 11) is 0. The molecular weight excluding hydrogens is 228 g/mol. The Labute approximate surface area is 87.3 Å². The van der Waals surface area contributed by atoms with Crippen molar-refractivity contribution < 1.29 is 4.79 Å². The number of hydrogen-bond donors (Lipinski definition) is 0. The van der Waals surface area contributed by atoms with Crippen molar-refractivity contribution in [3.8, 4) is 0 Å². The average molecular weight is 241 g/mol. The smallest absolute Gasteiger partial charge is 0.163 e. The van der Waals surface area contributed by atoms with Gasteiger partial charge in [-0.3, -0.25) is 4.79 Å². The van der Waals surface area contributed by atoms with Gasteiger partial charge in [-0.1, -0.05) is 28.9 Å². The van der Waals surface area contributed by atoms with Crippen LogP contribution < -0.4 is 0 Å². The van der Waals surface area contributed by atoms with Crippen LogP contribution in [0.2, 0.25) is 0 Å². The fraction of sp³-hybridized carbons (Fsp3) is 0.364. The van der Waals surface area contributed by atoms with Crippen molar-refractivity contribution in [2.24, 2.45) is 0 Å². The molecule has 13 heavy (non-hydrogen) atoms. The van der Waals surface area contributed by atoms with Crippen LogP contribution in [0.1, 0.15) is 35.7 Å². The van der Waals surface area contributed by atoms with E-state index in [1.165, 1.54) is 0 Å². The minimum absolute atomic E-state index is 0.243. The van der Waals surface area contributed by atoms with Gasteiger partial charge in [-0.25, -0.2) is 0 Å². The van der Waals surface area contributed by atoms with Gasteiger partial charge >= 0.3 is 0 Å². The summed E-state index contributed by atoms with van der Waals surface area (Å²) < 4.78 is 1.03. The molecule has 0 spiro atoms. The lowest BCUT2D eigenvalue weighted by Gasteiger charge is -2.03. The third kappa shape index (κ3) is 2.66. The largest absolute Gasteiger partial charge is 0.294 e. The molecule has 0 aromatic heterocycles.